The molecule has 0 aliphatic carbocycles. The molecular formula is C26H25N3O2S. The summed E-state index contributed by atoms with van der Waals surface area (Å²) in [4.78, 5) is 17.0. The van der Waals surface area contributed by atoms with Gasteiger partial charge in [0.1, 0.15) is 11.6 Å². The van der Waals surface area contributed by atoms with Crippen molar-refractivity contribution in [3.63, 3.8) is 0 Å². The van der Waals surface area contributed by atoms with Gasteiger partial charge in [-0.05, 0) is 64.7 Å². The number of hydrogen-bond acceptors (Lipinski definition) is 5. The molecule has 0 atom stereocenters. The topological polar surface area (TPSA) is 74.2 Å². The van der Waals surface area contributed by atoms with E-state index in [9.17, 15) is 9.90 Å². The van der Waals surface area contributed by atoms with Crippen LogP contribution in [-0.2, 0) is 11.3 Å². The fraction of sp³-hybridized carbons (Fsp3) is 0.154. The van der Waals surface area contributed by atoms with Crippen LogP contribution in [0.3, 0.4) is 0 Å². The molecule has 0 radical (unpaired) electrons. The average Bonchev–Trinajstić information content (AvgIpc) is 3.34. The molecule has 2 aromatic carbocycles. The van der Waals surface area contributed by atoms with Crippen LogP contribution in [0.4, 0.5) is 5.82 Å². The molecule has 162 valence electrons. The summed E-state index contributed by atoms with van der Waals surface area (Å²) >= 11 is 1.64. The van der Waals surface area contributed by atoms with Gasteiger partial charge in [0.2, 0.25) is 5.91 Å². The molecule has 0 aliphatic heterocycles. The Kier molecular flexibility index (Phi) is 6.82. The molecule has 0 bridgehead atoms. The van der Waals surface area contributed by atoms with Crippen molar-refractivity contribution in [2.75, 3.05) is 11.9 Å². The molecule has 3 N–H and O–H groups in total. The van der Waals surface area contributed by atoms with E-state index in [1.165, 1.54) is 5.56 Å². The molecule has 4 rings (SSSR count). The highest BCUT2D eigenvalue weighted by atomic mass is 32.1. The third-order valence-corrected chi connectivity index (χ3v) is 5.77. The molecule has 0 aliphatic rings. The molecule has 5 nitrogen and oxygen atoms in total. The van der Waals surface area contributed by atoms with Crippen molar-refractivity contribution in [2.45, 2.75) is 19.9 Å². The van der Waals surface area contributed by atoms with Gasteiger partial charge in [0, 0.05) is 25.1 Å². The number of aromatic hydroxyl groups is 1. The van der Waals surface area contributed by atoms with Crippen molar-refractivity contribution in [3.8, 4) is 28.1 Å². The molecule has 0 saturated heterocycles. The molecule has 4 aromatic rings. The quantitative estimate of drug-likeness (QED) is 0.331. The van der Waals surface area contributed by atoms with E-state index < -0.39 is 0 Å². The zero-order chi connectivity index (χ0) is 22.3. The van der Waals surface area contributed by atoms with Gasteiger partial charge in [-0.15, -0.1) is 0 Å². The second-order valence-corrected chi connectivity index (χ2v) is 8.41. The number of nitrogens with one attached hydrogen (secondary N) is 2. The molecule has 0 saturated carbocycles. The van der Waals surface area contributed by atoms with Gasteiger partial charge in [0.25, 0.3) is 0 Å². The summed E-state index contributed by atoms with van der Waals surface area (Å²) < 4.78 is 0. The number of amides is 1. The van der Waals surface area contributed by atoms with E-state index in [0.29, 0.717) is 25.3 Å². The average molecular weight is 444 g/mol. The first-order valence-electron chi connectivity index (χ1n) is 10.5. The summed E-state index contributed by atoms with van der Waals surface area (Å²) in [6, 6.07) is 21.2. The largest absolute Gasteiger partial charge is 0.508 e. The number of hydrogen-bond donors (Lipinski definition) is 3. The molecule has 32 heavy (non-hydrogen) atoms. The summed E-state index contributed by atoms with van der Waals surface area (Å²) in [6.07, 6.45) is 0.345. The lowest BCUT2D eigenvalue weighted by Crippen LogP contribution is -2.25. The van der Waals surface area contributed by atoms with Crippen LogP contribution in [0.2, 0.25) is 0 Å². The summed E-state index contributed by atoms with van der Waals surface area (Å²) in [5.74, 6) is 0.878. The number of pyridine rings is 1. The molecule has 0 fully saturated rings. The number of carbonyl (C=O) groups is 1. The molecule has 0 spiro atoms. The maximum atomic E-state index is 12.3. The van der Waals surface area contributed by atoms with Crippen LogP contribution < -0.4 is 10.6 Å². The lowest BCUT2D eigenvalue weighted by Gasteiger charge is -2.11. The van der Waals surface area contributed by atoms with Crippen molar-refractivity contribution in [3.05, 3.63) is 88.6 Å². The van der Waals surface area contributed by atoms with Gasteiger partial charge in [-0.25, -0.2) is 4.98 Å². The Bertz CT molecular complexity index is 1190. The monoisotopic (exact) mass is 443 g/mol. The number of benzene rings is 2. The minimum absolute atomic E-state index is 0.0136. The summed E-state index contributed by atoms with van der Waals surface area (Å²) in [5, 5.41) is 20.2. The van der Waals surface area contributed by atoms with Gasteiger partial charge in [0.15, 0.2) is 0 Å². The molecule has 1 amide bonds. The Morgan fingerprint density at radius 3 is 2.59 bits per heavy atom. The molecular weight excluding hydrogens is 418 g/mol. The Morgan fingerprint density at radius 2 is 1.84 bits per heavy atom. The zero-order valence-electron chi connectivity index (χ0n) is 17.8. The van der Waals surface area contributed by atoms with Crippen LogP contribution in [0.25, 0.3) is 22.4 Å². The Balaban J connectivity index is 1.42. The zero-order valence-corrected chi connectivity index (χ0v) is 18.7. The summed E-state index contributed by atoms with van der Waals surface area (Å²) in [5.41, 5.74) is 6.02. The molecule has 2 aromatic heterocycles. The van der Waals surface area contributed by atoms with E-state index in [2.05, 4.69) is 22.1 Å². The van der Waals surface area contributed by atoms with Gasteiger partial charge in [-0.2, -0.15) is 11.3 Å². The number of carbonyl (C=O) groups excluding carboxylic acids is 1. The first-order chi connectivity index (χ1) is 15.6. The Labute approximate surface area is 191 Å². The number of aryl methyl sites for hydroxylation is 1. The van der Waals surface area contributed by atoms with Crippen LogP contribution in [0.15, 0.2) is 77.5 Å². The first-order valence-corrected chi connectivity index (χ1v) is 11.4. The smallest absolute Gasteiger partial charge is 0.222 e. The first kappa shape index (κ1) is 21.6. The number of aromatic nitrogens is 1. The standard InChI is InChI=1S/C26H25N3O2S/c1-18-5-7-19(8-6-18)16-28-26(31)9-11-27-25-15-22(21-10-12-32-17-21)14-24(29-25)20-3-2-4-23(30)13-20/h2-8,10,12-15,17,30H,9,11,16H2,1H3,(H,27,29)(H,28,31). The van der Waals surface area contributed by atoms with Gasteiger partial charge < -0.3 is 15.7 Å². The van der Waals surface area contributed by atoms with Crippen molar-refractivity contribution in [1.29, 1.82) is 0 Å². The number of nitrogens with zero attached hydrogens (tertiary/aromatic N) is 1. The van der Waals surface area contributed by atoms with E-state index >= 15 is 0 Å². The third-order valence-electron chi connectivity index (χ3n) is 5.09. The van der Waals surface area contributed by atoms with Crippen molar-refractivity contribution < 1.29 is 9.90 Å². The van der Waals surface area contributed by atoms with Crippen LogP contribution >= 0.6 is 11.3 Å². The highest BCUT2D eigenvalue weighted by molar-refractivity contribution is 7.08. The predicted molar refractivity (Wildman–Crippen MR) is 131 cm³/mol. The number of thiophene rings is 1. The minimum Gasteiger partial charge on any atom is -0.508 e. The lowest BCUT2D eigenvalue weighted by molar-refractivity contribution is -0.121. The molecule has 6 heteroatoms. The van der Waals surface area contributed by atoms with E-state index in [4.69, 9.17) is 4.98 Å². The number of phenols is 1. The number of anilines is 1. The van der Waals surface area contributed by atoms with Crippen molar-refractivity contribution in [1.82, 2.24) is 10.3 Å². The highest BCUT2D eigenvalue weighted by Crippen LogP contribution is 2.30. The van der Waals surface area contributed by atoms with E-state index in [1.54, 1.807) is 29.5 Å². The van der Waals surface area contributed by atoms with Crippen LogP contribution in [0.1, 0.15) is 17.5 Å². The minimum atomic E-state index is -0.0136. The predicted octanol–water partition coefficient (Wildman–Crippen LogP) is 5.61. The maximum Gasteiger partial charge on any atom is 0.222 e. The van der Waals surface area contributed by atoms with Crippen LogP contribution in [-0.4, -0.2) is 22.5 Å². The number of phenolic OH excluding ortho intramolecular Hbond substituents is 1. The lowest BCUT2D eigenvalue weighted by atomic mass is 10.1. The third kappa shape index (κ3) is 5.74. The van der Waals surface area contributed by atoms with Gasteiger partial charge >= 0.3 is 0 Å². The van der Waals surface area contributed by atoms with Gasteiger partial charge in [0.05, 0.1) is 5.69 Å². The Morgan fingerprint density at radius 1 is 1.00 bits per heavy atom. The van der Waals surface area contributed by atoms with Crippen LogP contribution in [0.5, 0.6) is 5.75 Å². The van der Waals surface area contributed by atoms with E-state index in [0.717, 1.165) is 27.9 Å². The summed E-state index contributed by atoms with van der Waals surface area (Å²) in [7, 11) is 0. The van der Waals surface area contributed by atoms with Gasteiger partial charge in [-0.3, -0.25) is 4.79 Å². The van der Waals surface area contributed by atoms with E-state index in [-0.39, 0.29) is 11.7 Å². The fourth-order valence-electron chi connectivity index (χ4n) is 3.33. The van der Waals surface area contributed by atoms with Gasteiger partial charge in [-0.1, -0.05) is 42.0 Å². The van der Waals surface area contributed by atoms with Crippen molar-refractivity contribution >= 4 is 23.1 Å². The SMILES string of the molecule is Cc1ccc(CNC(=O)CCNc2cc(-c3ccsc3)cc(-c3cccc(O)c3)n2)cc1. The maximum absolute atomic E-state index is 12.3. The van der Waals surface area contributed by atoms with Crippen molar-refractivity contribution in [2.24, 2.45) is 0 Å². The highest BCUT2D eigenvalue weighted by Gasteiger charge is 2.09. The van der Waals surface area contributed by atoms with Crippen LogP contribution in [0, 0.1) is 6.92 Å². The molecule has 2 heterocycles. The summed E-state index contributed by atoms with van der Waals surface area (Å²) in [6.45, 7) is 3.04. The second-order valence-electron chi connectivity index (χ2n) is 7.63. The Hall–Kier alpha value is -3.64. The normalized spacial score (nSPS) is 10.7. The fourth-order valence-corrected chi connectivity index (χ4v) is 3.99. The van der Waals surface area contributed by atoms with E-state index in [1.807, 2.05) is 54.8 Å². The second kappa shape index (κ2) is 10.1. The molecule has 0 unspecified atom stereocenters. The number of rotatable bonds is 8.